The minimum Gasteiger partial charge on any atom is -0.338 e. The van der Waals surface area contributed by atoms with Gasteiger partial charge in [-0.15, -0.1) is 0 Å². The predicted octanol–water partition coefficient (Wildman–Crippen LogP) is 2.96. The molecular formula is C17H18FN3O2. The second kappa shape index (κ2) is 7.49. The van der Waals surface area contributed by atoms with Gasteiger partial charge in [0.15, 0.2) is 0 Å². The molecule has 2 rings (SSSR count). The van der Waals surface area contributed by atoms with Gasteiger partial charge in [0.05, 0.1) is 5.69 Å². The molecule has 0 spiro atoms. The zero-order chi connectivity index (χ0) is 16.8. The Kier molecular flexibility index (Phi) is 5.41. The number of nitrogens with one attached hydrogen (secondary N) is 1. The highest BCUT2D eigenvalue weighted by Gasteiger charge is 2.16. The van der Waals surface area contributed by atoms with E-state index in [0.29, 0.717) is 13.1 Å². The van der Waals surface area contributed by atoms with E-state index in [4.69, 9.17) is 0 Å². The second-order valence-corrected chi connectivity index (χ2v) is 4.84. The molecule has 1 aromatic heterocycles. The monoisotopic (exact) mass is 315 g/mol. The van der Waals surface area contributed by atoms with Crippen LogP contribution in [0.15, 0.2) is 42.6 Å². The van der Waals surface area contributed by atoms with Gasteiger partial charge in [-0.1, -0.05) is 12.1 Å². The molecule has 0 saturated carbocycles. The van der Waals surface area contributed by atoms with Crippen molar-refractivity contribution in [2.75, 3.05) is 18.4 Å². The van der Waals surface area contributed by atoms with E-state index in [0.717, 1.165) is 0 Å². The van der Waals surface area contributed by atoms with Gasteiger partial charge in [-0.05, 0) is 38.1 Å². The Hall–Kier alpha value is -2.76. The number of benzene rings is 1. The summed E-state index contributed by atoms with van der Waals surface area (Å²) in [5.74, 6) is -1.25. The first-order chi connectivity index (χ1) is 11.1. The van der Waals surface area contributed by atoms with E-state index < -0.39 is 11.7 Å². The zero-order valence-electron chi connectivity index (χ0n) is 13.0. The summed E-state index contributed by atoms with van der Waals surface area (Å²) >= 11 is 0. The summed E-state index contributed by atoms with van der Waals surface area (Å²) in [6, 6.07) is 8.79. The number of rotatable bonds is 5. The average Bonchev–Trinajstić information content (AvgIpc) is 2.58. The van der Waals surface area contributed by atoms with Gasteiger partial charge in [0.1, 0.15) is 11.5 Å². The Bertz CT molecular complexity index is 714. The molecule has 0 atom stereocenters. The van der Waals surface area contributed by atoms with Gasteiger partial charge in [-0.2, -0.15) is 0 Å². The van der Waals surface area contributed by atoms with Crippen LogP contribution in [-0.4, -0.2) is 34.8 Å². The van der Waals surface area contributed by atoms with Crippen LogP contribution in [0.4, 0.5) is 10.1 Å². The summed E-state index contributed by atoms with van der Waals surface area (Å²) in [7, 11) is 0. The fourth-order valence-corrected chi connectivity index (χ4v) is 2.12. The first kappa shape index (κ1) is 16.6. The number of carbonyl (C=O) groups excluding carboxylic acids is 2. The highest BCUT2D eigenvalue weighted by molar-refractivity contribution is 6.05. The second-order valence-electron chi connectivity index (χ2n) is 4.84. The van der Waals surface area contributed by atoms with E-state index in [-0.39, 0.29) is 22.9 Å². The first-order valence-corrected chi connectivity index (χ1v) is 7.38. The van der Waals surface area contributed by atoms with Gasteiger partial charge in [-0.3, -0.25) is 14.6 Å². The SMILES string of the molecule is CCN(CC)C(=O)c1cc(C(=O)Nc2ccccc2F)ccn1. The molecule has 2 amide bonds. The summed E-state index contributed by atoms with van der Waals surface area (Å²) < 4.78 is 13.6. The molecule has 0 unspecified atom stereocenters. The van der Waals surface area contributed by atoms with E-state index in [1.165, 1.54) is 36.5 Å². The lowest BCUT2D eigenvalue weighted by atomic mass is 10.2. The molecule has 2 aromatic rings. The largest absolute Gasteiger partial charge is 0.338 e. The number of aromatic nitrogens is 1. The number of hydrogen-bond donors (Lipinski definition) is 1. The van der Waals surface area contributed by atoms with Crippen LogP contribution in [0.1, 0.15) is 34.7 Å². The van der Waals surface area contributed by atoms with E-state index in [9.17, 15) is 14.0 Å². The van der Waals surface area contributed by atoms with Crippen molar-refractivity contribution >= 4 is 17.5 Å². The molecule has 0 aliphatic rings. The molecule has 0 bridgehead atoms. The minimum absolute atomic E-state index is 0.0888. The molecule has 0 aliphatic heterocycles. The number of carbonyl (C=O) groups is 2. The average molecular weight is 315 g/mol. The molecule has 0 fully saturated rings. The van der Waals surface area contributed by atoms with E-state index in [1.807, 2.05) is 13.8 Å². The van der Waals surface area contributed by atoms with Crippen LogP contribution >= 0.6 is 0 Å². The molecule has 1 aromatic carbocycles. The number of pyridine rings is 1. The summed E-state index contributed by atoms with van der Waals surface area (Å²) in [4.78, 5) is 30.1. The molecule has 1 heterocycles. The van der Waals surface area contributed by atoms with Gasteiger partial charge in [0.25, 0.3) is 11.8 Å². The number of anilines is 1. The maximum atomic E-state index is 13.6. The standard InChI is InChI=1S/C17H18FN3O2/c1-3-21(4-2)17(23)15-11-12(9-10-19-15)16(22)20-14-8-6-5-7-13(14)18/h5-11H,3-4H2,1-2H3,(H,20,22). The van der Waals surface area contributed by atoms with Crippen molar-refractivity contribution in [3.63, 3.8) is 0 Å². The first-order valence-electron chi connectivity index (χ1n) is 7.38. The predicted molar refractivity (Wildman–Crippen MR) is 85.8 cm³/mol. The summed E-state index contributed by atoms with van der Waals surface area (Å²) in [5, 5.41) is 2.48. The summed E-state index contributed by atoms with van der Waals surface area (Å²) in [6.45, 7) is 4.86. The highest BCUT2D eigenvalue weighted by atomic mass is 19.1. The third kappa shape index (κ3) is 3.91. The van der Waals surface area contributed by atoms with E-state index >= 15 is 0 Å². The summed E-state index contributed by atoms with van der Waals surface area (Å²) in [6.07, 6.45) is 1.40. The molecule has 6 heteroatoms. The van der Waals surface area contributed by atoms with Crippen molar-refractivity contribution in [3.8, 4) is 0 Å². The van der Waals surface area contributed by atoms with Crippen molar-refractivity contribution in [2.24, 2.45) is 0 Å². The number of para-hydroxylation sites is 1. The van der Waals surface area contributed by atoms with Gasteiger partial charge in [0.2, 0.25) is 0 Å². The maximum absolute atomic E-state index is 13.6. The fourth-order valence-electron chi connectivity index (χ4n) is 2.12. The number of amides is 2. The topological polar surface area (TPSA) is 62.3 Å². The van der Waals surface area contributed by atoms with Gasteiger partial charge >= 0.3 is 0 Å². The smallest absolute Gasteiger partial charge is 0.272 e. The van der Waals surface area contributed by atoms with Crippen LogP contribution in [0.3, 0.4) is 0 Å². The molecule has 0 aliphatic carbocycles. The molecule has 23 heavy (non-hydrogen) atoms. The Labute approximate surface area is 134 Å². The van der Waals surface area contributed by atoms with Crippen molar-refractivity contribution in [3.05, 3.63) is 59.7 Å². The lowest BCUT2D eigenvalue weighted by molar-refractivity contribution is 0.0767. The molecule has 5 nitrogen and oxygen atoms in total. The third-order valence-corrected chi connectivity index (χ3v) is 3.41. The molecule has 120 valence electrons. The third-order valence-electron chi connectivity index (χ3n) is 3.41. The van der Waals surface area contributed by atoms with Crippen LogP contribution in [0.25, 0.3) is 0 Å². The minimum atomic E-state index is -0.519. The molecule has 0 saturated heterocycles. The fraction of sp³-hybridized carbons (Fsp3) is 0.235. The van der Waals surface area contributed by atoms with Crippen LogP contribution in [-0.2, 0) is 0 Å². The number of halogens is 1. The van der Waals surface area contributed by atoms with Crippen LogP contribution in [0, 0.1) is 5.82 Å². The highest BCUT2D eigenvalue weighted by Crippen LogP contribution is 2.14. The Morgan fingerprint density at radius 2 is 1.87 bits per heavy atom. The van der Waals surface area contributed by atoms with Crippen molar-refractivity contribution in [1.29, 1.82) is 0 Å². The van der Waals surface area contributed by atoms with Gasteiger partial charge in [0, 0.05) is 24.8 Å². The van der Waals surface area contributed by atoms with E-state index in [1.54, 1.807) is 11.0 Å². The van der Waals surface area contributed by atoms with Crippen molar-refractivity contribution in [2.45, 2.75) is 13.8 Å². The Morgan fingerprint density at radius 3 is 2.52 bits per heavy atom. The summed E-state index contributed by atoms with van der Waals surface area (Å²) in [5.41, 5.74) is 0.527. The van der Waals surface area contributed by atoms with Crippen LogP contribution in [0.5, 0.6) is 0 Å². The van der Waals surface area contributed by atoms with Gasteiger partial charge < -0.3 is 10.2 Å². The quantitative estimate of drug-likeness (QED) is 0.922. The maximum Gasteiger partial charge on any atom is 0.272 e. The molecular weight excluding hydrogens is 297 g/mol. The normalized spacial score (nSPS) is 10.2. The van der Waals surface area contributed by atoms with Crippen LogP contribution < -0.4 is 5.32 Å². The van der Waals surface area contributed by atoms with Crippen molar-refractivity contribution < 1.29 is 14.0 Å². The van der Waals surface area contributed by atoms with Crippen molar-refractivity contribution in [1.82, 2.24) is 9.88 Å². The Morgan fingerprint density at radius 1 is 1.17 bits per heavy atom. The van der Waals surface area contributed by atoms with Gasteiger partial charge in [-0.25, -0.2) is 4.39 Å². The number of nitrogens with zero attached hydrogens (tertiary/aromatic N) is 2. The van der Waals surface area contributed by atoms with Crippen LogP contribution in [0.2, 0.25) is 0 Å². The van der Waals surface area contributed by atoms with E-state index in [2.05, 4.69) is 10.3 Å². The number of hydrogen-bond acceptors (Lipinski definition) is 3. The Balaban J connectivity index is 2.21. The molecule has 1 N–H and O–H groups in total. The molecule has 0 radical (unpaired) electrons. The lowest BCUT2D eigenvalue weighted by Crippen LogP contribution is -2.31. The zero-order valence-corrected chi connectivity index (χ0v) is 13.0. The lowest BCUT2D eigenvalue weighted by Gasteiger charge is -2.18.